The van der Waals surface area contributed by atoms with Crippen LogP contribution in [0.5, 0.6) is 5.75 Å². The van der Waals surface area contributed by atoms with Crippen molar-refractivity contribution in [3.05, 3.63) is 53.8 Å². The fraction of sp³-hybridized carbons (Fsp3) is 0.0714. The zero-order chi connectivity index (χ0) is 13.1. The second-order valence-corrected chi connectivity index (χ2v) is 3.68. The molecular formula is C14H11FO3. The van der Waals surface area contributed by atoms with Gasteiger partial charge in [0.15, 0.2) is 0 Å². The lowest BCUT2D eigenvalue weighted by atomic mass is 10.0. The van der Waals surface area contributed by atoms with Gasteiger partial charge in [-0.15, -0.1) is 0 Å². The first-order valence-corrected chi connectivity index (χ1v) is 5.30. The molecule has 2 aromatic rings. The molecule has 0 saturated heterocycles. The minimum Gasteiger partial charge on any atom is -0.496 e. The zero-order valence-electron chi connectivity index (χ0n) is 9.68. The molecule has 92 valence electrons. The molecule has 3 nitrogen and oxygen atoms in total. The second kappa shape index (κ2) is 4.87. The minimum absolute atomic E-state index is 0.0136. The summed E-state index contributed by atoms with van der Waals surface area (Å²) >= 11 is 0. The van der Waals surface area contributed by atoms with Gasteiger partial charge in [0.2, 0.25) is 0 Å². The van der Waals surface area contributed by atoms with Crippen LogP contribution < -0.4 is 4.74 Å². The van der Waals surface area contributed by atoms with Crippen molar-refractivity contribution in [3.8, 4) is 16.9 Å². The van der Waals surface area contributed by atoms with Crippen LogP contribution in [0.4, 0.5) is 4.39 Å². The molecule has 0 saturated carbocycles. The highest BCUT2D eigenvalue weighted by atomic mass is 19.1. The predicted octanol–water partition coefficient (Wildman–Crippen LogP) is 3.20. The molecular weight excluding hydrogens is 235 g/mol. The number of methoxy groups -OCH3 is 1. The predicted molar refractivity (Wildman–Crippen MR) is 65.3 cm³/mol. The van der Waals surface area contributed by atoms with Crippen molar-refractivity contribution < 1.29 is 19.0 Å². The second-order valence-electron chi connectivity index (χ2n) is 3.68. The van der Waals surface area contributed by atoms with Crippen LogP contribution in [0, 0.1) is 5.82 Å². The summed E-state index contributed by atoms with van der Waals surface area (Å²) in [6, 6.07) is 11.7. The Morgan fingerprint density at radius 2 is 1.83 bits per heavy atom. The zero-order valence-corrected chi connectivity index (χ0v) is 9.68. The SMILES string of the molecule is COc1ccc(-c2ccccc2)c(F)c1C(=O)O. The molecule has 0 amide bonds. The molecule has 1 N–H and O–H groups in total. The average Bonchev–Trinajstić information content (AvgIpc) is 2.38. The van der Waals surface area contributed by atoms with Gasteiger partial charge in [0.05, 0.1) is 7.11 Å². The Morgan fingerprint density at radius 3 is 2.39 bits per heavy atom. The lowest BCUT2D eigenvalue weighted by Gasteiger charge is -2.10. The van der Waals surface area contributed by atoms with Crippen molar-refractivity contribution in [2.24, 2.45) is 0 Å². The number of halogens is 1. The molecule has 2 aromatic carbocycles. The lowest BCUT2D eigenvalue weighted by Crippen LogP contribution is -2.05. The summed E-state index contributed by atoms with van der Waals surface area (Å²) < 4.78 is 19.1. The number of benzene rings is 2. The largest absolute Gasteiger partial charge is 0.496 e. The molecule has 0 bridgehead atoms. The van der Waals surface area contributed by atoms with Crippen LogP contribution in [-0.4, -0.2) is 18.2 Å². The van der Waals surface area contributed by atoms with E-state index in [2.05, 4.69) is 0 Å². The summed E-state index contributed by atoms with van der Waals surface area (Å²) in [5.74, 6) is -2.12. The van der Waals surface area contributed by atoms with Crippen molar-refractivity contribution in [1.29, 1.82) is 0 Å². The van der Waals surface area contributed by atoms with Crippen molar-refractivity contribution in [2.75, 3.05) is 7.11 Å². The molecule has 18 heavy (non-hydrogen) atoms. The summed E-state index contributed by atoms with van der Waals surface area (Å²) in [6.45, 7) is 0. The first-order valence-electron chi connectivity index (χ1n) is 5.30. The highest BCUT2D eigenvalue weighted by molar-refractivity contribution is 5.93. The molecule has 4 heteroatoms. The van der Waals surface area contributed by atoms with Crippen LogP contribution in [0.25, 0.3) is 11.1 Å². The smallest absolute Gasteiger partial charge is 0.342 e. The molecule has 2 rings (SSSR count). The Labute approximate surface area is 103 Å². The van der Waals surface area contributed by atoms with E-state index in [9.17, 15) is 9.18 Å². The minimum atomic E-state index is -1.35. The number of hydrogen-bond acceptors (Lipinski definition) is 2. The van der Waals surface area contributed by atoms with Gasteiger partial charge in [-0.3, -0.25) is 0 Å². The van der Waals surface area contributed by atoms with Gasteiger partial charge in [-0.2, -0.15) is 0 Å². The van der Waals surface area contributed by atoms with E-state index in [-0.39, 0.29) is 11.3 Å². The van der Waals surface area contributed by atoms with Gasteiger partial charge < -0.3 is 9.84 Å². The Morgan fingerprint density at radius 1 is 1.17 bits per heavy atom. The number of ether oxygens (including phenoxy) is 1. The highest BCUT2D eigenvalue weighted by Gasteiger charge is 2.20. The fourth-order valence-electron chi connectivity index (χ4n) is 1.77. The van der Waals surface area contributed by atoms with E-state index >= 15 is 0 Å². The van der Waals surface area contributed by atoms with Crippen molar-refractivity contribution in [3.63, 3.8) is 0 Å². The van der Waals surface area contributed by atoms with Crippen LogP contribution >= 0.6 is 0 Å². The molecule has 0 atom stereocenters. The van der Waals surface area contributed by atoms with Crippen LogP contribution in [0.3, 0.4) is 0 Å². The summed E-state index contributed by atoms with van der Waals surface area (Å²) in [6.07, 6.45) is 0. The fourth-order valence-corrected chi connectivity index (χ4v) is 1.77. The standard InChI is InChI=1S/C14H11FO3/c1-18-11-8-7-10(9-5-3-2-4-6-9)13(15)12(11)14(16)17/h2-8H,1H3,(H,16,17). The molecule has 0 unspecified atom stereocenters. The van der Waals surface area contributed by atoms with E-state index < -0.39 is 17.3 Å². The first-order chi connectivity index (χ1) is 8.65. The Bertz CT molecular complexity index is 579. The normalized spacial score (nSPS) is 10.1. The van der Waals surface area contributed by atoms with E-state index in [1.165, 1.54) is 19.2 Å². The number of carboxylic acids is 1. The van der Waals surface area contributed by atoms with E-state index in [0.29, 0.717) is 5.56 Å². The summed E-state index contributed by atoms with van der Waals surface area (Å²) in [4.78, 5) is 11.1. The molecule has 0 heterocycles. The number of carbonyl (C=O) groups is 1. The summed E-state index contributed by atoms with van der Waals surface area (Å²) in [7, 11) is 1.31. The van der Waals surface area contributed by atoms with Crippen LogP contribution in [0.15, 0.2) is 42.5 Å². The van der Waals surface area contributed by atoms with Gasteiger partial charge >= 0.3 is 5.97 Å². The Balaban J connectivity index is 2.65. The Hall–Kier alpha value is -2.36. The topological polar surface area (TPSA) is 46.5 Å². The van der Waals surface area contributed by atoms with Crippen LogP contribution in [0.1, 0.15) is 10.4 Å². The maximum atomic E-state index is 14.2. The van der Waals surface area contributed by atoms with E-state index in [0.717, 1.165) is 0 Å². The third-order valence-corrected chi connectivity index (χ3v) is 2.62. The lowest BCUT2D eigenvalue weighted by molar-refractivity contribution is 0.0688. The number of hydrogen-bond donors (Lipinski definition) is 1. The quantitative estimate of drug-likeness (QED) is 0.904. The van der Waals surface area contributed by atoms with Crippen molar-refractivity contribution >= 4 is 5.97 Å². The van der Waals surface area contributed by atoms with E-state index in [1.807, 2.05) is 6.07 Å². The number of rotatable bonds is 3. The molecule has 0 radical (unpaired) electrons. The maximum absolute atomic E-state index is 14.2. The highest BCUT2D eigenvalue weighted by Crippen LogP contribution is 2.30. The van der Waals surface area contributed by atoms with Crippen molar-refractivity contribution in [1.82, 2.24) is 0 Å². The van der Waals surface area contributed by atoms with Gasteiger partial charge in [-0.1, -0.05) is 30.3 Å². The first kappa shape index (κ1) is 12.1. The molecule has 0 aromatic heterocycles. The van der Waals surface area contributed by atoms with Gasteiger partial charge in [-0.05, 0) is 17.7 Å². The van der Waals surface area contributed by atoms with Gasteiger partial charge in [-0.25, -0.2) is 9.18 Å². The average molecular weight is 246 g/mol. The third kappa shape index (κ3) is 2.05. The molecule has 0 aliphatic carbocycles. The van der Waals surface area contributed by atoms with Crippen molar-refractivity contribution in [2.45, 2.75) is 0 Å². The van der Waals surface area contributed by atoms with Gasteiger partial charge in [0.1, 0.15) is 17.1 Å². The van der Waals surface area contributed by atoms with E-state index in [1.54, 1.807) is 24.3 Å². The molecule has 0 fully saturated rings. The number of carboxylic acid groups (broad SMARTS) is 1. The molecule has 0 aliphatic heterocycles. The van der Waals surface area contributed by atoms with Crippen LogP contribution in [-0.2, 0) is 0 Å². The van der Waals surface area contributed by atoms with E-state index in [4.69, 9.17) is 9.84 Å². The maximum Gasteiger partial charge on any atom is 0.342 e. The van der Waals surface area contributed by atoms with Gasteiger partial charge in [0, 0.05) is 5.56 Å². The summed E-state index contributed by atoms with van der Waals surface area (Å²) in [5.41, 5.74) is 0.424. The molecule has 0 spiro atoms. The number of aromatic carboxylic acids is 1. The summed E-state index contributed by atoms with van der Waals surface area (Å²) in [5, 5.41) is 9.03. The Kier molecular flexibility index (Phi) is 3.28. The van der Waals surface area contributed by atoms with Gasteiger partial charge in [0.25, 0.3) is 0 Å². The van der Waals surface area contributed by atoms with Crippen LogP contribution in [0.2, 0.25) is 0 Å². The third-order valence-electron chi connectivity index (χ3n) is 2.62. The molecule has 0 aliphatic rings. The monoisotopic (exact) mass is 246 g/mol.